The van der Waals surface area contributed by atoms with E-state index in [2.05, 4.69) is 16.0 Å². The van der Waals surface area contributed by atoms with Crippen LogP contribution in [0.3, 0.4) is 0 Å². The van der Waals surface area contributed by atoms with Gasteiger partial charge >= 0.3 is 5.97 Å². The van der Waals surface area contributed by atoms with Crippen molar-refractivity contribution in [1.29, 1.82) is 0 Å². The Kier molecular flexibility index (Phi) is 24.3. The number of fused-ring (bicyclic) bond motifs is 1. The molecular weight excluding hydrogens is 1020 g/mol. The van der Waals surface area contributed by atoms with Crippen molar-refractivity contribution in [3.05, 3.63) is 71.8 Å². The van der Waals surface area contributed by atoms with Crippen LogP contribution in [0.5, 0.6) is 0 Å². The van der Waals surface area contributed by atoms with Gasteiger partial charge in [0.05, 0.1) is 5.60 Å². The predicted octanol–water partition coefficient (Wildman–Crippen LogP) is 4.76. The van der Waals surface area contributed by atoms with Gasteiger partial charge in [0, 0.05) is 53.5 Å². The number of likely N-dealkylation sites (N-methyl/N-ethyl adjacent to an activating group) is 4. The van der Waals surface area contributed by atoms with Gasteiger partial charge in [0.2, 0.25) is 41.4 Å². The van der Waals surface area contributed by atoms with Crippen molar-refractivity contribution in [2.75, 3.05) is 34.7 Å². The molecule has 0 radical (unpaired) electrons. The highest BCUT2D eigenvalue weighted by molar-refractivity contribution is 5.99. The number of amides is 8. The highest BCUT2D eigenvalue weighted by atomic mass is 16.6. The Balaban J connectivity index is 1.99. The summed E-state index contributed by atoms with van der Waals surface area (Å²) in [5.74, 6) is -8.56. The summed E-state index contributed by atoms with van der Waals surface area (Å²) < 4.78 is 6.11. The van der Waals surface area contributed by atoms with Gasteiger partial charge in [-0.3, -0.25) is 38.4 Å². The molecule has 4 N–H and O–H groups in total. The van der Waals surface area contributed by atoms with Crippen LogP contribution in [0.1, 0.15) is 133 Å². The summed E-state index contributed by atoms with van der Waals surface area (Å²) in [5.41, 5.74) is -0.551. The van der Waals surface area contributed by atoms with E-state index in [1.807, 2.05) is 83.1 Å². The van der Waals surface area contributed by atoms with E-state index in [4.69, 9.17) is 4.74 Å². The monoisotopic (exact) mass is 1110 g/mol. The third-order valence-electron chi connectivity index (χ3n) is 16.4. The zero-order valence-corrected chi connectivity index (χ0v) is 50.5. The minimum absolute atomic E-state index is 0.00654. The maximum Gasteiger partial charge on any atom is 0.332 e. The molecule has 2 saturated heterocycles. The fraction of sp³-hybridized carbons (Fsp3) is 0.656. The highest BCUT2D eigenvalue weighted by Crippen LogP contribution is 2.28. The molecule has 2 aliphatic rings. The molecular formula is C61H94N8O11. The van der Waals surface area contributed by atoms with Crippen LogP contribution in [-0.2, 0) is 60.7 Å². The van der Waals surface area contributed by atoms with Crippen LogP contribution in [0.4, 0.5) is 0 Å². The van der Waals surface area contributed by atoms with Crippen LogP contribution >= 0.6 is 0 Å². The average molecular weight is 1120 g/mol. The molecule has 4 rings (SSSR count). The quantitative estimate of drug-likeness (QED) is 0.188. The zero-order chi connectivity index (χ0) is 60.1. The van der Waals surface area contributed by atoms with E-state index < -0.39 is 137 Å². The summed E-state index contributed by atoms with van der Waals surface area (Å²) in [6, 6.07) is 8.14. The Morgan fingerprint density at radius 1 is 0.575 bits per heavy atom. The molecule has 0 aliphatic carbocycles. The molecule has 19 nitrogen and oxygen atoms in total. The topological polar surface area (TPSA) is 235 Å². The van der Waals surface area contributed by atoms with E-state index >= 15 is 9.59 Å². The maximum absolute atomic E-state index is 15.3. The molecule has 0 spiro atoms. The number of carbonyl (C=O) groups excluding carboxylic acids is 9. The van der Waals surface area contributed by atoms with E-state index in [-0.39, 0.29) is 38.1 Å². The van der Waals surface area contributed by atoms with E-state index in [0.29, 0.717) is 31.2 Å². The lowest BCUT2D eigenvalue weighted by Gasteiger charge is -2.40. The van der Waals surface area contributed by atoms with Crippen molar-refractivity contribution < 1.29 is 53.0 Å². The number of esters is 1. The summed E-state index contributed by atoms with van der Waals surface area (Å²) in [5, 5.41) is 20.6. The Hall–Kier alpha value is -6.37. The summed E-state index contributed by atoms with van der Waals surface area (Å²) in [7, 11) is 5.70. The molecule has 12 atom stereocenters. The third kappa shape index (κ3) is 16.4. The van der Waals surface area contributed by atoms with Crippen LogP contribution in [0.2, 0.25) is 0 Å². The van der Waals surface area contributed by atoms with E-state index in [9.17, 15) is 38.7 Å². The van der Waals surface area contributed by atoms with Gasteiger partial charge in [-0.15, -0.1) is 0 Å². The second kappa shape index (κ2) is 29.4. The van der Waals surface area contributed by atoms with Gasteiger partial charge in [-0.05, 0) is 74.3 Å². The molecule has 0 bridgehead atoms. The molecule has 19 heteroatoms. The predicted molar refractivity (Wildman–Crippen MR) is 306 cm³/mol. The molecule has 0 saturated carbocycles. The first-order valence-electron chi connectivity index (χ1n) is 28.8. The molecule has 8 amide bonds. The number of rotatable bonds is 14. The Morgan fingerprint density at radius 2 is 1.07 bits per heavy atom. The molecule has 2 aliphatic heterocycles. The van der Waals surface area contributed by atoms with Crippen molar-refractivity contribution in [2.45, 2.75) is 194 Å². The van der Waals surface area contributed by atoms with Gasteiger partial charge in [0.1, 0.15) is 42.3 Å². The van der Waals surface area contributed by atoms with E-state index in [0.717, 1.165) is 10.5 Å². The Morgan fingerprint density at radius 3 is 1.59 bits per heavy atom. The van der Waals surface area contributed by atoms with Crippen molar-refractivity contribution in [2.24, 2.45) is 29.6 Å². The van der Waals surface area contributed by atoms with E-state index in [1.165, 1.54) is 61.6 Å². The smallest absolute Gasteiger partial charge is 0.332 e. The number of nitrogens with one attached hydrogen (secondary N) is 3. The first kappa shape index (κ1) is 66.1. The molecule has 0 aromatic heterocycles. The van der Waals surface area contributed by atoms with Crippen LogP contribution < -0.4 is 16.0 Å². The SMILES string of the molecule is CC[C@@H](C)[C@@H]1NC(=O)[C@@H]2CCCN2C(=O)[C@H](Cc2ccccc2)N(C)C(=O)[C@H](Cc2ccccc2)NC(=O)[C@H](C(C)C)N(C)C(=O)[C@@H]([C@@H](C)CC)OC(=O)[C@H](C(C)(C)O)N(C)C(=O)[C@H](CC(C)C)NC(=O)[C@H]([C@H](C)CC)N(C)C1=O. The van der Waals surface area contributed by atoms with Crippen LogP contribution in [0, 0.1) is 29.6 Å². The van der Waals surface area contributed by atoms with Gasteiger partial charge in [-0.1, -0.05) is 143 Å². The Bertz CT molecular complexity index is 2450. The van der Waals surface area contributed by atoms with Gasteiger partial charge < -0.3 is 50.3 Å². The van der Waals surface area contributed by atoms with Crippen molar-refractivity contribution in [1.82, 2.24) is 40.4 Å². The molecule has 2 aromatic rings. The minimum atomic E-state index is -1.97. The lowest BCUT2D eigenvalue weighted by molar-refractivity contribution is -0.177. The number of ether oxygens (including phenoxy) is 1. The summed E-state index contributed by atoms with van der Waals surface area (Å²) in [6.07, 6.45) is 0.543. The fourth-order valence-electron chi connectivity index (χ4n) is 11.1. The molecule has 80 heavy (non-hydrogen) atoms. The van der Waals surface area contributed by atoms with Gasteiger partial charge in [-0.25, -0.2) is 4.79 Å². The molecule has 2 aromatic carbocycles. The van der Waals surface area contributed by atoms with Gasteiger partial charge in [-0.2, -0.15) is 0 Å². The summed E-state index contributed by atoms with van der Waals surface area (Å²) in [6.45, 7) is 20.9. The van der Waals surface area contributed by atoms with Crippen molar-refractivity contribution >= 4 is 53.2 Å². The standard InChI is InChI=1S/C61H94N8O11/c1-17-38(8)47-58(76)67(15)49(39(9)18-2)54(72)62-43(33-36(4)5)56(74)68(16)51(61(11,12)79)60(78)80-50(40(10)19-3)59(77)66(14)48(37(6)7)53(71)63-44(34-41-27-22-20-23-28-41)55(73)65(13)46(35-42-29-24-21-25-30-42)57(75)69-32-26-31-45(69)52(70)64-47/h20-25,27-30,36-40,43-51,79H,17-19,26,31-35H2,1-16H3,(H,62,72)(H,63,71)(H,64,70)/t38-,39-,40+,43+,44+,45+,46+,47+,48+,49+,50-,51-/m1/s1. The number of benzene rings is 2. The normalized spacial score (nSPS) is 26.7. The minimum Gasteiger partial charge on any atom is -0.450 e. The third-order valence-corrected chi connectivity index (χ3v) is 16.4. The summed E-state index contributed by atoms with van der Waals surface area (Å²) >= 11 is 0. The Labute approximate surface area is 475 Å². The first-order chi connectivity index (χ1) is 37.5. The second-order valence-electron chi connectivity index (χ2n) is 23.8. The number of carbonyl (C=O) groups is 9. The molecule has 0 unspecified atom stereocenters. The number of aliphatic hydroxyl groups is 1. The van der Waals surface area contributed by atoms with Crippen LogP contribution in [0.25, 0.3) is 0 Å². The number of hydrogen-bond acceptors (Lipinski definition) is 11. The van der Waals surface area contributed by atoms with Gasteiger partial charge in [0.15, 0.2) is 12.1 Å². The maximum atomic E-state index is 15.3. The van der Waals surface area contributed by atoms with Crippen molar-refractivity contribution in [3.63, 3.8) is 0 Å². The lowest BCUT2D eigenvalue weighted by atomic mass is 9.92. The van der Waals surface area contributed by atoms with Crippen LogP contribution in [-0.4, -0.2) is 178 Å². The number of cyclic esters (lactones) is 1. The van der Waals surface area contributed by atoms with Crippen molar-refractivity contribution in [3.8, 4) is 0 Å². The highest BCUT2D eigenvalue weighted by Gasteiger charge is 2.48. The molecule has 2 fully saturated rings. The van der Waals surface area contributed by atoms with Crippen LogP contribution in [0.15, 0.2) is 60.7 Å². The number of nitrogens with zero attached hydrogens (tertiary/aromatic N) is 5. The molecule has 444 valence electrons. The second-order valence-corrected chi connectivity index (χ2v) is 23.8. The lowest BCUT2D eigenvalue weighted by Crippen LogP contribution is -2.63. The fourth-order valence-corrected chi connectivity index (χ4v) is 11.1. The van der Waals surface area contributed by atoms with Gasteiger partial charge in [0.25, 0.3) is 5.91 Å². The van der Waals surface area contributed by atoms with E-state index in [1.54, 1.807) is 46.8 Å². The first-order valence-corrected chi connectivity index (χ1v) is 28.8. The zero-order valence-electron chi connectivity index (χ0n) is 50.5. The average Bonchev–Trinajstić information content (AvgIpc) is 3.91. The summed E-state index contributed by atoms with van der Waals surface area (Å²) in [4.78, 5) is 141. The number of hydrogen-bond donors (Lipinski definition) is 4. The largest absolute Gasteiger partial charge is 0.450 e. The molecule has 2 heterocycles.